The van der Waals surface area contributed by atoms with Crippen molar-refractivity contribution in [2.45, 2.75) is 17.7 Å². The summed E-state index contributed by atoms with van der Waals surface area (Å²) in [5.74, 6) is -0.999. The zero-order chi connectivity index (χ0) is 30.0. The number of ether oxygens (including phenoxy) is 3. The van der Waals surface area contributed by atoms with Crippen molar-refractivity contribution in [1.29, 1.82) is 0 Å². The Balaban J connectivity index is 1.89. The molecular formula is C31H28N2O7S2. The van der Waals surface area contributed by atoms with Crippen molar-refractivity contribution in [2.24, 2.45) is 5.73 Å². The molecule has 4 aromatic rings. The smallest absolute Gasteiger partial charge is 0.338 e. The number of carbonyl (C=O) groups is 1. The second-order valence-corrected chi connectivity index (χ2v) is 12.2. The standard InChI is InChI=1S/C31H28N2O7S2/c1-4-40-31(35)26-25(20-12-16-22(39-3)17-13-20)27(42(36,37)23-8-6-5-7-9-23)28(32)33-29(34)24(41-30(26)33)18-19-10-14-21(38-2)15-11-19/h5-18,25H,4,32H2,1-3H3/b24-18+. The van der Waals surface area contributed by atoms with Crippen LogP contribution in [0.15, 0.2) is 93.5 Å². The first-order chi connectivity index (χ1) is 20.2. The number of nitrogens with two attached hydrogens (primary N) is 1. The minimum Gasteiger partial charge on any atom is -0.497 e. The molecule has 3 aromatic carbocycles. The van der Waals surface area contributed by atoms with Crippen LogP contribution in [0.5, 0.6) is 11.5 Å². The van der Waals surface area contributed by atoms with Crippen LogP contribution in [0.2, 0.25) is 0 Å². The number of esters is 1. The molecule has 0 saturated heterocycles. The number of carbonyl (C=O) groups excluding carboxylic acids is 1. The summed E-state index contributed by atoms with van der Waals surface area (Å²) in [5.41, 5.74) is 7.24. The van der Waals surface area contributed by atoms with Crippen molar-refractivity contribution in [3.63, 3.8) is 0 Å². The van der Waals surface area contributed by atoms with Crippen LogP contribution < -0.4 is 30.0 Å². The summed E-state index contributed by atoms with van der Waals surface area (Å²) in [5, 5.41) is 0. The largest absolute Gasteiger partial charge is 0.497 e. The van der Waals surface area contributed by atoms with Crippen LogP contribution in [0.3, 0.4) is 0 Å². The topological polar surface area (TPSA) is 127 Å². The molecule has 5 rings (SSSR count). The van der Waals surface area contributed by atoms with Crippen LogP contribution in [-0.4, -0.2) is 39.8 Å². The minimum absolute atomic E-state index is 0.00204. The molecule has 42 heavy (non-hydrogen) atoms. The molecule has 1 atom stereocenters. The van der Waals surface area contributed by atoms with Crippen LogP contribution in [0.4, 0.5) is 0 Å². The lowest BCUT2D eigenvalue weighted by Crippen LogP contribution is -2.41. The van der Waals surface area contributed by atoms with Gasteiger partial charge in [0, 0.05) is 0 Å². The van der Waals surface area contributed by atoms with E-state index in [1.165, 1.54) is 19.2 Å². The van der Waals surface area contributed by atoms with Gasteiger partial charge in [0.25, 0.3) is 5.56 Å². The lowest BCUT2D eigenvalue weighted by Gasteiger charge is -2.28. The third kappa shape index (κ3) is 5.12. The molecule has 1 aliphatic rings. The van der Waals surface area contributed by atoms with Crippen LogP contribution in [0, 0.1) is 0 Å². The number of aromatic nitrogens is 1. The van der Waals surface area contributed by atoms with E-state index in [-0.39, 0.29) is 37.0 Å². The van der Waals surface area contributed by atoms with E-state index >= 15 is 0 Å². The average molecular weight is 605 g/mol. The summed E-state index contributed by atoms with van der Waals surface area (Å²) in [6.07, 6.45) is 1.65. The molecule has 0 spiro atoms. The zero-order valence-corrected chi connectivity index (χ0v) is 24.7. The third-order valence-corrected chi connectivity index (χ3v) is 9.82. The SMILES string of the molecule is CCOC(=O)C1=c2s/c(=C/c3ccc(OC)cc3)c(=O)n2C(N)=C(S(=O)(=O)c2ccccc2)C1c1ccc(OC)cc1. The van der Waals surface area contributed by atoms with Gasteiger partial charge >= 0.3 is 5.97 Å². The first-order valence-corrected chi connectivity index (χ1v) is 15.2. The zero-order valence-electron chi connectivity index (χ0n) is 23.1. The van der Waals surface area contributed by atoms with Crippen molar-refractivity contribution >= 4 is 44.6 Å². The first kappa shape index (κ1) is 28.9. The van der Waals surface area contributed by atoms with Gasteiger partial charge in [-0.1, -0.05) is 42.5 Å². The van der Waals surface area contributed by atoms with Crippen molar-refractivity contribution < 1.29 is 27.4 Å². The predicted molar refractivity (Wildman–Crippen MR) is 161 cm³/mol. The average Bonchev–Trinajstić information content (AvgIpc) is 3.33. The van der Waals surface area contributed by atoms with Crippen LogP contribution in [0.25, 0.3) is 17.5 Å². The lowest BCUT2D eigenvalue weighted by molar-refractivity contribution is -0.136. The fraction of sp³-hybridized carbons (Fsp3) is 0.161. The maximum Gasteiger partial charge on any atom is 0.338 e. The van der Waals surface area contributed by atoms with Crippen molar-refractivity contribution in [3.05, 3.63) is 114 Å². The highest BCUT2D eigenvalue weighted by Gasteiger charge is 2.42. The van der Waals surface area contributed by atoms with Gasteiger partial charge in [-0.25, -0.2) is 13.2 Å². The van der Waals surface area contributed by atoms with Gasteiger partial charge in [-0.2, -0.15) is 0 Å². The van der Waals surface area contributed by atoms with Crippen LogP contribution in [0.1, 0.15) is 24.0 Å². The second kappa shape index (κ2) is 11.7. The Morgan fingerprint density at radius 3 is 2.12 bits per heavy atom. The normalized spacial score (nSPS) is 15.4. The van der Waals surface area contributed by atoms with E-state index in [0.717, 1.165) is 15.9 Å². The van der Waals surface area contributed by atoms with E-state index in [9.17, 15) is 18.0 Å². The van der Waals surface area contributed by atoms with Crippen LogP contribution in [-0.2, 0) is 19.4 Å². The Morgan fingerprint density at radius 2 is 1.55 bits per heavy atom. The van der Waals surface area contributed by atoms with E-state index in [1.54, 1.807) is 86.8 Å². The maximum absolute atomic E-state index is 14.3. The Labute approximate surface area is 246 Å². The van der Waals surface area contributed by atoms with Gasteiger partial charge in [-0.15, -0.1) is 11.3 Å². The molecule has 0 fully saturated rings. The highest BCUT2D eigenvalue weighted by molar-refractivity contribution is 7.95. The molecule has 1 aliphatic heterocycles. The number of thiazole rings is 1. The quantitative estimate of drug-likeness (QED) is 0.304. The summed E-state index contributed by atoms with van der Waals surface area (Å²) in [7, 11) is -1.24. The van der Waals surface area contributed by atoms with Crippen molar-refractivity contribution in [1.82, 2.24) is 4.57 Å². The molecule has 0 aliphatic carbocycles. The number of benzene rings is 3. The molecule has 0 radical (unpaired) electrons. The third-order valence-electron chi connectivity index (χ3n) is 6.80. The van der Waals surface area contributed by atoms with Gasteiger partial charge in [-0.05, 0) is 60.5 Å². The summed E-state index contributed by atoms with van der Waals surface area (Å²) in [4.78, 5) is 27.2. The fourth-order valence-electron chi connectivity index (χ4n) is 4.79. The molecule has 2 N–H and O–H groups in total. The van der Waals surface area contributed by atoms with Gasteiger partial charge in [-0.3, -0.25) is 9.36 Å². The number of hydrogen-bond acceptors (Lipinski definition) is 9. The van der Waals surface area contributed by atoms with Gasteiger partial charge in [0.1, 0.15) is 26.9 Å². The summed E-state index contributed by atoms with van der Waals surface area (Å²) in [6.45, 7) is 1.69. The Bertz CT molecular complexity index is 1960. The number of nitrogens with zero attached hydrogens (tertiary/aromatic N) is 1. The number of sulfone groups is 1. The van der Waals surface area contributed by atoms with E-state index in [2.05, 4.69) is 0 Å². The number of allylic oxidation sites excluding steroid dienone is 1. The van der Waals surface area contributed by atoms with E-state index in [4.69, 9.17) is 19.9 Å². The Hall–Kier alpha value is -4.61. The molecule has 216 valence electrons. The molecule has 11 heteroatoms. The van der Waals surface area contributed by atoms with Gasteiger partial charge in [0.15, 0.2) is 0 Å². The monoisotopic (exact) mass is 604 g/mol. The first-order valence-electron chi connectivity index (χ1n) is 12.9. The molecule has 1 aromatic heterocycles. The van der Waals surface area contributed by atoms with Crippen molar-refractivity contribution in [3.8, 4) is 11.5 Å². The molecule has 2 heterocycles. The number of methoxy groups -OCH3 is 2. The molecule has 0 saturated carbocycles. The Morgan fingerprint density at radius 1 is 0.952 bits per heavy atom. The second-order valence-electron chi connectivity index (χ2n) is 9.24. The number of fused-ring (bicyclic) bond motifs is 1. The number of rotatable bonds is 8. The Kier molecular flexibility index (Phi) is 8.06. The molecular weight excluding hydrogens is 576 g/mol. The van der Waals surface area contributed by atoms with E-state index in [1.807, 2.05) is 0 Å². The highest BCUT2D eigenvalue weighted by atomic mass is 32.2. The van der Waals surface area contributed by atoms with Crippen molar-refractivity contribution in [2.75, 3.05) is 20.8 Å². The van der Waals surface area contributed by atoms with Crippen LogP contribution >= 0.6 is 11.3 Å². The molecule has 0 amide bonds. The van der Waals surface area contributed by atoms with E-state index in [0.29, 0.717) is 22.6 Å². The fourth-order valence-corrected chi connectivity index (χ4v) is 7.66. The number of hydrogen-bond donors (Lipinski definition) is 1. The lowest BCUT2D eigenvalue weighted by atomic mass is 9.89. The summed E-state index contributed by atoms with van der Waals surface area (Å²) < 4.78 is 46.0. The molecule has 9 nitrogen and oxygen atoms in total. The minimum atomic E-state index is -4.31. The van der Waals surface area contributed by atoms with Gasteiger partial charge in [0.05, 0.1) is 41.7 Å². The predicted octanol–water partition coefficient (Wildman–Crippen LogP) is 2.83. The van der Waals surface area contributed by atoms with E-state index < -0.39 is 27.3 Å². The summed E-state index contributed by atoms with van der Waals surface area (Å²) in [6, 6.07) is 21.5. The van der Waals surface area contributed by atoms with Gasteiger partial charge < -0.3 is 19.9 Å². The molecule has 1 unspecified atom stereocenters. The maximum atomic E-state index is 14.3. The molecule has 0 bridgehead atoms. The summed E-state index contributed by atoms with van der Waals surface area (Å²) >= 11 is 1.04. The highest BCUT2D eigenvalue weighted by Crippen LogP contribution is 2.42. The van der Waals surface area contributed by atoms with Gasteiger partial charge in [0.2, 0.25) is 9.84 Å².